The fraction of sp³-hybridized carbons (Fsp3) is 0.857. The second kappa shape index (κ2) is 6.78. The lowest BCUT2D eigenvalue weighted by Gasteiger charge is -2.40. The summed E-state index contributed by atoms with van der Waals surface area (Å²) in [7, 11) is 0. The van der Waals surface area contributed by atoms with Crippen molar-refractivity contribution in [1.82, 2.24) is 9.80 Å². The quantitative estimate of drug-likeness (QED) is 0.853. The van der Waals surface area contributed by atoms with Crippen molar-refractivity contribution in [2.24, 2.45) is 5.92 Å². The molecule has 1 fully saturated rings. The number of urea groups is 1. The van der Waals surface area contributed by atoms with Crippen molar-refractivity contribution in [3.05, 3.63) is 0 Å². The SMILES string of the molecule is CCCN(C(=O)N1CCC(C)CC1C(=O)O)C(C)C. The van der Waals surface area contributed by atoms with Crippen LogP contribution >= 0.6 is 0 Å². The van der Waals surface area contributed by atoms with Gasteiger partial charge in [-0.2, -0.15) is 0 Å². The summed E-state index contributed by atoms with van der Waals surface area (Å²) in [4.78, 5) is 27.2. The Hall–Kier alpha value is -1.26. The Morgan fingerprint density at radius 3 is 2.53 bits per heavy atom. The summed E-state index contributed by atoms with van der Waals surface area (Å²) in [5.41, 5.74) is 0. The summed E-state index contributed by atoms with van der Waals surface area (Å²) in [6, 6.07) is -0.702. The maximum Gasteiger partial charge on any atom is 0.326 e. The highest BCUT2D eigenvalue weighted by Crippen LogP contribution is 2.24. The topological polar surface area (TPSA) is 60.9 Å². The number of piperidine rings is 1. The molecule has 1 aliphatic rings. The normalized spacial score (nSPS) is 23.5. The second-order valence-corrected chi connectivity index (χ2v) is 5.75. The first-order valence-electron chi connectivity index (χ1n) is 7.18. The van der Waals surface area contributed by atoms with Gasteiger partial charge in [-0.25, -0.2) is 9.59 Å². The average Bonchev–Trinajstić information content (AvgIpc) is 2.34. The molecule has 0 aliphatic carbocycles. The molecule has 0 saturated carbocycles. The molecule has 110 valence electrons. The number of carbonyl (C=O) groups is 2. The number of likely N-dealkylation sites (tertiary alicyclic amines) is 1. The summed E-state index contributed by atoms with van der Waals surface area (Å²) < 4.78 is 0. The Morgan fingerprint density at radius 2 is 2.05 bits per heavy atom. The summed E-state index contributed by atoms with van der Waals surface area (Å²) in [6.07, 6.45) is 2.32. The number of amides is 2. The van der Waals surface area contributed by atoms with Crippen LogP contribution in [0, 0.1) is 5.92 Å². The van der Waals surface area contributed by atoms with Crippen molar-refractivity contribution >= 4 is 12.0 Å². The molecule has 0 spiro atoms. The fourth-order valence-corrected chi connectivity index (χ4v) is 2.59. The van der Waals surface area contributed by atoms with Crippen LogP contribution in [0.15, 0.2) is 0 Å². The Bertz CT molecular complexity index is 331. The maximum absolute atomic E-state index is 12.5. The first kappa shape index (κ1) is 15.8. The Kier molecular flexibility index (Phi) is 5.63. The van der Waals surface area contributed by atoms with Gasteiger partial charge in [-0.3, -0.25) is 0 Å². The molecule has 1 saturated heterocycles. The first-order chi connectivity index (χ1) is 8.88. The third kappa shape index (κ3) is 3.85. The lowest BCUT2D eigenvalue weighted by molar-refractivity contribution is -0.144. The molecule has 0 aromatic carbocycles. The van der Waals surface area contributed by atoms with Gasteiger partial charge in [0, 0.05) is 19.1 Å². The molecule has 2 amide bonds. The van der Waals surface area contributed by atoms with Crippen molar-refractivity contribution in [2.75, 3.05) is 13.1 Å². The van der Waals surface area contributed by atoms with Crippen molar-refractivity contribution in [3.63, 3.8) is 0 Å². The summed E-state index contributed by atoms with van der Waals surface area (Å²) in [5.74, 6) is -0.524. The predicted octanol–water partition coefficient (Wildman–Crippen LogP) is 2.41. The van der Waals surface area contributed by atoms with E-state index in [1.54, 1.807) is 4.90 Å². The van der Waals surface area contributed by atoms with Gasteiger partial charge in [-0.15, -0.1) is 0 Å². The van der Waals surface area contributed by atoms with Gasteiger partial charge in [0.15, 0.2) is 0 Å². The Labute approximate surface area is 115 Å². The minimum absolute atomic E-state index is 0.0984. The number of carboxylic acids is 1. The van der Waals surface area contributed by atoms with Crippen molar-refractivity contribution in [3.8, 4) is 0 Å². The van der Waals surface area contributed by atoms with E-state index in [4.69, 9.17) is 0 Å². The largest absolute Gasteiger partial charge is 0.480 e. The van der Waals surface area contributed by atoms with Crippen molar-refractivity contribution in [1.29, 1.82) is 0 Å². The number of carbonyl (C=O) groups excluding carboxylic acids is 1. The van der Waals surface area contributed by atoms with Crippen LogP contribution in [0.4, 0.5) is 4.79 Å². The summed E-state index contributed by atoms with van der Waals surface area (Å²) >= 11 is 0. The zero-order valence-corrected chi connectivity index (χ0v) is 12.4. The highest BCUT2D eigenvalue weighted by Gasteiger charge is 2.37. The van der Waals surface area contributed by atoms with E-state index < -0.39 is 12.0 Å². The van der Waals surface area contributed by atoms with Crippen LogP contribution in [0.2, 0.25) is 0 Å². The molecule has 5 heteroatoms. The summed E-state index contributed by atoms with van der Waals surface area (Å²) in [6.45, 7) is 9.23. The number of hydrogen-bond donors (Lipinski definition) is 1. The molecule has 1 aliphatic heterocycles. The van der Waals surface area contributed by atoms with E-state index in [2.05, 4.69) is 0 Å². The molecule has 1 N–H and O–H groups in total. The molecule has 5 nitrogen and oxygen atoms in total. The van der Waals surface area contributed by atoms with E-state index >= 15 is 0 Å². The lowest BCUT2D eigenvalue weighted by atomic mass is 9.92. The molecule has 0 aromatic heterocycles. The average molecular weight is 270 g/mol. The number of nitrogens with zero attached hydrogens (tertiary/aromatic N) is 2. The number of aliphatic carboxylic acids is 1. The molecule has 1 rings (SSSR count). The van der Waals surface area contributed by atoms with E-state index in [1.807, 2.05) is 27.7 Å². The van der Waals surface area contributed by atoms with Crippen LogP contribution in [0.5, 0.6) is 0 Å². The van der Waals surface area contributed by atoms with Crippen LogP contribution in [0.1, 0.15) is 47.0 Å². The van der Waals surface area contributed by atoms with Crippen molar-refractivity contribution < 1.29 is 14.7 Å². The van der Waals surface area contributed by atoms with Crippen LogP contribution in [0.3, 0.4) is 0 Å². The van der Waals surface area contributed by atoms with E-state index in [0.29, 0.717) is 25.4 Å². The van der Waals surface area contributed by atoms with Gasteiger partial charge >= 0.3 is 12.0 Å². The minimum Gasteiger partial charge on any atom is -0.480 e. The van der Waals surface area contributed by atoms with Gasteiger partial charge in [0.1, 0.15) is 6.04 Å². The minimum atomic E-state index is -0.889. The molecule has 0 radical (unpaired) electrons. The molecule has 1 heterocycles. The molecule has 2 unspecified atom stereocenters. The predicted molar refractivity (Wildman–Crippen MR) is 74.1 cm³/mol. The number of carboxylic acid groups (broad SMARTS) is 1. The second-order valence-electron chi connectivity index (χ2n) is 5.75. The Balaban J connectivity index is 2.85. The van der Waals surface area contributed by atoms with Gasteiger partial charge in [0.25, 0.3) is 0 Å². The molecular formula is C14H26N2O3. The highest BCUT2D eigenvalue weighted by molar-refractivity contribution is 5.83. The van der Waals surface area contributed by atoms with Gasteiger partial charge in [-0.1, -0.05) is 13.8 Å². The van der Waals surface area contributed by atoms with Crippen LogP contribution in [-0.4, -0.2) is 52.1 Å². The van der Waals surface area contributed by atoms with E-state index in [1.165, 1.54) is 4.90 Å². The van der Waals surface area contributed by atoms with Gasteiger partial charge < -0.3 is 14.9 Å². The van der Waals surface area contributed by atoms with Crippen LogP contribution in [-0.2, 0) is 4.79 Å². The van der Waals surface area contributed by atoms with E-state index in [0.717, 1.165) is 12.8 Å². The zero-order valence-electron chi connectivity index (χ0n) is 12.4. The lowest BCUT2D eigenvalue weighted by Crippen LogP contribution is -2.55. The maximum atomic E-state index is 12.5. The monoisotopic (exact) mass is 270 g/mol. The molecule has 2 atom stereocenters. The van der Waals surface area contributed by atoms with Crippen LogP contribution < -0.4 is 0 Å². The number of rotatable bonds is 4. The fourth-order valence-electron chi connectivity index (χ4n) is 2.59. The van der Waals surface area contributed by atoms with Gasteiger partial charge in [0.2, 0.25) is 0 Å². The van der Waals surface area contributed by atoms with E-state index in [9.17, 15) is 14.7 Å². The third-order valence-electron chi connectivity index (χ3n) is 3.73. The molecule has 0 bridgehead atoms. The van der Waals surface area contributed by atoms with Crippen LogP contribution in [0.25, 0.3) is 0 Å². The smallest absolute Gasteiger partial charge is 0.326 e. The first-order valence-corrected chi connectivity index (χ1v) is 7.18. The standard InChI is InChI=1S/C14H26N2O3/c1-5-7-15(10(2)3)14(19)16-8-6-11(4)9-12(16)13(17)18/h10-12H,5-9H2,1-4H3,(H,17,18). The van der Waals surface area contributed by atoms with Gasteiger partial charge in [0.05, 0.1) is 0 Å². The van der Waals surface area contributed by atoms with Gasteiger partial charge in [-0.05, 0) is 39.0 Å². The van der Waals surface area contributed by atoms with E-state index in [-0.39, 0.29) is 12.1 Å². The molecular weight excluding hydrogens is 244 g/mol. The summed E-state index contributed by atoms with van der Waals surface area (Å²) in [5, 5.41) is 9.31. The third-order valence-corrected chi connectivity index (χ3v) is 3.73. The zero-order chi connectivity index (χ0) is 14.6. The highest BCUT2D eigenvalue weighted by atomic mass is 16.4. The van der Waals surface area contributed by atoms with Crippen molar-refractivity contribution in [2.45, 2.75) is 59.0 Å². The molecule has 0 aromatic rings. The molecule has 19 heavy (non-hydrogen) atoms. The number of hydrogen-bond acceptors (Lipinski definition) is 2. The Morgan fingerprint density at radius 1 is 1.42 bits per heavy atom.